The molecule has 1 spiro atoms. The third kappa shape index (κ3) is 6.47. The van der Waals surface area contributed by atoms with Gasteiger partial charge in [-0.3, -0.25) is 4.98 Å². The minimum atomic E-state index is -0.468. The first-order valence-electron chi connectivity index (χ1n) is 13.7. The zero-order chi connectivity index (χ0) is 27.8. The van der Waals surface area contributed by atoms with Gasteiger partial charge in [-0.1, -0.05) is 48.1 Å². The lowest BCUT2D eigenvalue weighted by molar-refractivity contribution is 0.433. The van der Waals surface area contributed by atoms with Crippen LogP contribution < -0.4 is 20.7 Å². The standard InChI is InChI=1S/C23H27FN6O.3C2H6/c1-4-27-14(3)17-8-18-20(13(17)2)21(30-11-19(25)23(12-30)5-6-23)29-22(28-18)31-16-7-15(24)9-26-10-16;3*1-2/h4,7,9-10,14,19,27H,1,5-6,8,11-12,25H2,2-3H3;3*1-2H3. The summed E-state index contributed by atoms with van der Waals surface area (Å²) >= 11 is 0. The maximum Gasteiger partial charge on any atom is 0.324 e. The van der Waals surface area contributed by atoms with Gasteiger partial charge >= 0.3 is 6.01 Å². The monoisotopic (exact) mass is 512 g/mol. The highest BCUT2D eigenvalue weighted by molar-refractivity contribution is 5.82. The predicted molar refractivity (Wildman–Crippen MR) is 151 cm³/mol. The summed E-state index contributed by atoms with van der Waals surface area (Å²) < 4.78 is 19.4. The molecule has 3 aliphatic rings. The fourth-order valence-electron chi connectivity index (χ4n) is 4.88. The number of rotatable bonds is 6. The van der Waals surface area contributed by atoms with Crippen LogP contribution in [0.4, 0.5) is 10.2 Å². The maximum atomic E-state index is 13.6. The normalized spacial score (nSPS) is 18.9. The van der Waals surface area contributed by atoms with Gasteiger partial charge in [-0.15, -0.1) is 0 Å². The van der Waals surface area contributed by atoms with E-state index in [9.17, 15) is 4.39 Å². The van der Waals surface area contributed by atoms with Crippen LogP contribution in [0.15, 0.2) is 36.8 Å². The number of ether oxygens (including phenoxy) is 1. The van der Waals surface area contributed by atoms with Crippen LogP contribution >= 0.6 is 0 Å². The van der Waals surface area contributed by atoms with Gasteiger partial charge in [-0.2, -0.15) is 9.97 Å². The third-order valence-corrected chi connectivity index (χ3v) is 6.84. The van der Waals surface area contributed by atoms with E-state index in [0.717, 1.165) is 49.2 Å². The molecule has 0 amide bonds. The van der Waals surface area contributed by atoms with Gasteiger partial charge in [0.2, 0.25) is 0 Å². The number of hydrogen-bond donors (Lipinski definition) is 2. The highest BCUT2D eigenvalue weighted by Crippen LogP contribution is 2.53. The van der Waals surface area contributed by atoms with Crippen molar-refractivity contribution in [2.45, 2.75) is 86.7 Å². The summed E-state index contributed by atoms with van der Waals surface area (Å²) in [5.74, 6) is 0.651. The van der Waals surface area contributed by atoms with Crippen molar-refractivity contribution in [1.29, 1.82) is 0 Å². The van der Waals surface area contributed by atoms with E-state index in [2.05, 4.69) is 40.6 Å². The summed E-state index contributed by atoms with van der Waals surface area (Å²) in [6.45, 7) is 21.7. The molecule has 2 aliphatic carbocycles. The molecule has 3 heterocycles. The van der Waals surface area contributed by atoms with Crippen molar-refractivity contribution in [3.8, 4) is 11.8 Å². The number of fused-ring (bicyclic) bond motifs is 1. The average molecular weight is 513 g/mol. The first-order valence-corrected chi connectivity index (χ1v) is 13.7. The first-order chi connectivity index (χ1) is 17.9. The second-order valence-electron chi connectivity index (χ2n) is 8.86. The predicted octanol–water partition coefficient (Wildman–Crippen LogP) is 6.26. The van der Waals surface area contributed by atoms with Crippen LogP contribution in [0.3, 0.4) is 0 Å². The highest BCUT2D eigenvalue weighted by atomic mass is 19.1. The lowest BCUT2D eigenvalue weighted by atomic mass is 10.0. The van der Waals surface area contributed by atoms with Crippen molar-refractivity contribution in [3.05, 3.63) is 53.9 Å². The lowest BCUT2D eigenvalue weighted by Crippen LogP contribution is -2.30. The molecule has 37 heavy (non-hydrogen) atoms. The molecule has 2 aromatic rings. The summed E-state index contributed by atoms with van der Waals surface area (Å²) in [6, 6.07) is 1.75. The van der Waals surface area contributed by atoms with Crippen molar-refractivity contribution < 1.29 is 9.13 Å². The average Bonchev–Trinajstić information content (AvgIpc) is 3.52. The molecule has 0 bridgehead atoms. The second-order valence-corrected chi connectivity index (χ2v) is 8.86. The fraction of sp³-hybridized carbons (Fsp3) is 0.552. The Bertz CT molecular complexity index is 1080. The van der Waals surface area contributed by atoms with Gasteiger partial charge in [0, 0.05) is 48.6 Å². The van der Waals surface area contributed by atoms with E-state index in [1.54, 1.807) is 6.20 Å². The Hall–Kier alpha value is -3.00. The van der Waals surface area contributed by atoms with Gasteiger partial charge < -0.3 is 20.7 Å². The molecule has 8 heteroatoms. The fourth-order valence-corrected chi connectivity index (χ4v) is 4.88. The van der Waals surface area contributed by atoms with Gasteiger partial charge in [-0.25, -0.2) is 4.39 Å². The Balaban J connectivity index is 0.000000750. The highest BCUT2D eigenvalue weighted by Gasteiger charge is 2.54. The third-order valence-electron chi connectivity index (χ3n) is 6.84. The number of nitrogens with one attached hydrogen (secondary N) is 1. The Morgan fingerprint density at radius 1 is 1.19 bits per heavy atom. The summed E-state index contributed by atoms with van der Waals surface area (Å²) in [6.07, 6.45) is 7.32. The van der Waals surface area contributed by atoms with E-state index in [-0.39, 0.29) is 29.3 Å². The Morgan fingerprint density at radius 3 is 2.43 bits per heavy atom. The van der Waals surface area contributed by atoms with Gasteiger partial charge in [0.1, 0.15) is 11.6 Å². The van der Waals surface area contributed by atoms with E-state index in [0.29, 0.717) is 6.42 Å². The molecule has 0 aromatic carbocycles. The molecular formula is C29H45FN6O. The smallest absolute Gasteiger partial charge is 0.324 e. The Labute approximate surface area is 222 Å². The van der Waals surface area contributed by atoms with Gasteiger partial charge in [-0.05, 0) is 44.0 Å². The van der Waals surface area contributed by atoms with Crippen LogP contribution in [0.1, 0.15) is 79.5 Å². The van der Waals surface area contributed by atoms with Gasteiger partial charge in [0.05, 0.1) is 18.1 Å². The van der Waals surface area contributed by atoms with Crippen molar-refractivity contribution in [3.63, 3.8) is 0 Å². The summed E-state index contributed by atoms with van der Waals surface area (Å²) in [5.41, 5.74) is 11.1. The number of nitrogens with zero attached hydrogens (tertiary/aromatic N) is 4. The van der Waals surface area contributed by atoms with Crippen LogP contribution in [-0.4, -0.2) is 40.1 Å². The van der Waals surface area contributed by atoms with E-state index in [1.165, 1.54) is 23.4 Å². The number of nitrogens with two attached hydrogens (primary N) is 1. The number of hydrogen-bond acceptors (Lipinski definition) is 7. The summed E-state index contributed by atoms with van der Waals surface area (Å²) in [4.78, 5) is 15.6. The van der Waals surface area contributed by atoms with Crippen molar-refractivity contribution >= 4 is 11.4 Å². The Kier molecular flexibility index (Phi) is 11.0. The van der Waals surface area contributed by atoms with Crippen LogP contribution in [0.2, 0.25) is 0 Å². The maximum absolute atomic E-state index is 13.6. The molecule has 2 atom stereocenters. The molecule has 1 saturated heterocycles. The SMILES string of the molecule is C=CNC(C)C1=C(C)c2c(nc(Oc3cncc(F)c3)nc2N2CC(N)C3(CC3)C2)C1.CC.CC.CC. The van der Waals surface area contributed by atoms with Crippen molar-refractivity contribution in [2.24, 2.45) is 11.1 Å². The minimum absolute atomic E-state index is 0.131. The molecular weight excluding hydrogens is 467 g/mol. The topological polar surface area (TPSA) is 89.2 Å². The van der Waals surface area contributed by atoms with E-state index in [4.69, 9.17) is 15.5 Å². The Morgan fingerprint density at radius 2 is 1.86 bits per heavy atom. The quantitative estimate of drug-likeness (QED) is 0.472. The molecule has 2 aromatic heterocycles. The molecule has 0 radical (unpaired) electrons. The molecule has 7 nitrogen and oxygen atoms in total. The second kappa shape index (κ2) is 13.5. The zero-order valence-electron chi connectivity index (χ0n) is 23.9. The summed E-state index contributed by atoms with van der Waals surface area (Å²) in [7, 11) is 0. The van der Waals surface area contributed by atoms with E-state index >= 15 is 0 Å². The largest absolute Gasteiger partial charge is 0.422 e. The number of anilines is 1. The molecule has 1 saturated carbocycles. The van der Waals surface area contributed by atoms with Crippen LogP contribution in [0.5, 0.6) is 11.8 Å². The van der Waals surface area contributed by atoms with E-state index < -0.39 is 5.82 Å². The summed E-state index contributed by atoms with van der Waals surface area (Å²) in [5, 5.41) is 3.28. The molecule has 1 aliphatic heterocycles. The minimum Gasteiger partial charge on any atom is -0.422 e. The molecule has 3 N–H and O–H groups in total. The number of halogens is 1. The van der Waals surface area contributed by atoms with Crippen LogP contribution in [-0.2, 0) is 6.42 Å². The van der Waals surface area contributed by atoms with Crippen molar-refractivity contribution in [2.75, 3.05) is 18.0 Å². The van der Waals surface area contributed by atoms with Crippen LogP contribution in [0, 0.1) is 11.2 Å². The molecule has 2 fully saturated rings. The molecule has 5 rings (SSSR count). The first kappa shape index (κ1) is 30.2. The number of pyridine rings is 1. The van der Waals surface area contributed by atoms with Gasteiger partial charge in [0.15, 0.2) is 5.75 Å². The van der Waals surface area contributed by atoms with Crippen molar-refractivity contribution in [1.82, 2.24) is 20.3 Å². The van der Waals surface area contributed by atoms with E-state index in [1.807, 2.05) is 41.5 Å². The number of aromatic nitrogens is 3. The number of allylic oxidation sites excluding steroid dienone is 1. The zero-order valence-corrected chi connectivity index (χ0v) is 23.9. The van der Waals surface area contributed by atoms with Crippen LogP contribution in [0.25, 0.3) is 5.57 Å². The molecule has 2 unspecified atom stereocenters. The molecule has 204 valence electrons. The van der Waals surface area contributed by atoms with Gasteiger partial charge in [0.25, 0.3) is 0 Å². The lowest BCUT2D eigenvalue weighted by Gasteiger charge is -2.22.